The van der Waals surface area contributed by atoms with Gasteiger partial charge < -0.3 is 11.9 Å². The molecule has 1 aromatic rings. The van der Waals surface area contributed by atoms with Gasteiger partial charge in [-0.15, -0.1) is 0 Å². The molecule has 1 aromatic heterocycles. The van der Waals surface area contributed by atoms with Crippen LogP contribution in [0.15, 0.2) is 4.52 Å². The van der Waals surface area contributed by atoms with Gasteiger partial charge in [-0.05, 0) is 20.8 Å². The Labute approximate surface area is 115 Å². The zero-order valence-corrected chi connectivity index (χ0v) is 11.4. The van der Waals surface area contributed by atoms with Crippen LogP contribution in [-0.4, -0.2) is 10.9 Å². The number of ketones is 1. The Morgan fingerprint density at radius 1 is 1.42 bits per heavy atom. The smallest absolute Gasteiger partial charge is 0.361 e. The molecule has 0 bridgehead atoms. The molecule has 1 rings (SSSR count). The average molecular weight is 193 g/mol. The minimum Gasteiger partial charge on any atom is -0.361 e. The van der Waals surface area contributed by atoms with Crippen molar-refractivity contribution < 1.29 is 60.7 Å². The van der Waals surface area contributed by atoms with Crippen molar-refractivity contribution in [3.63, 3.8) is 0 Å². The van der Waals surface area contributed by atoms with E-state index >= 15 is 0 Å². The predicted molar refractivity (Wildman–Crippen MR) is 42.4 cm³/mol. The summed E-state index contributed by atoms with van der Waals surface area (Å²) in [6.45, 7) is 5.00. The molecule has 3 nitrogen and oxygen atoms in total. The molecular weight excluding hydrogens is 181 g/mol. The molecule has 4 heteroatoms. The quantitative estimate of drug-likeness (QED) is 0.325. The van der Waals surface area contributed by atoms with Crippen molar-refractivity contribution in [2.24, 2.45) is 0 Å². The number of hydrogen-bond acceptors (Lipinski definition) is 3. The number of carbonyl (C=O) groups is 1. The van der Waals surface area contributed by atoms with Crippen molar-refractivity contribution in [2.45, 2.75) is 20.8 Å². The standard InChI is InChI=1S/C7H9NO2.CH3.K/c1-4-7(5(2)9)6(3)10-8-4;;/h1-3H3;1H3;/q;-1;+1. The summed E-state index contributed by atoms with van der Waals surface area (Å²) < 4.78 is 4.79. The Morgan fingerprint density at radius 2 is 1.92 bits per heavy atom. The van der Waals surface area contributed by atoms with Crippen LogP contribution < -0.4 is 51.4 Å². The second-order valence-corrected chi connectivity index (χ2v) is 2.26. The molecule has 0 spiro atoms. The van der Waals surface area contributed by atoms with E-state index in [0.717, 1.165) is 0 Å². The van der Waals surface area contributed by atoms with E-state index in [1.165, 1.54) is 6.92 Å². The fourth-order valence-electron chi connectivity index (χ4n) is 0.986. The zero-order valence-electron chi connectivity index (χ0n) is 8.26. The zero-order chi connectivity index (χ0) is 7.72. The Morgan fingerprint density at radius 3 is 2.08 bits per heavy atom. The van der Waals surface area contributed by atoms with E-state index in [1.54, 1.807) is 13.8 Å². The maximum atomic E-state index is 10.8. The van der Waals surface area contributed by atoms with Gasteiger partial charge in [0.25, 0.3) is 0 Å². The first-order chi connectivity index (χ1) is 4.63. The fourth-order valence-corrected chi connectivity index (χ4v) is 0.986. The van der Waals surface area contributed by atoms with Gasteiger partial charge in [-0.25, -0.2) is 0 Å². The fraction of sp³-hybridized carbons (Fsp3) is 0.375. The summed E-state index contributed by atoms with van der Waals surface area (Å²) in [4.78, 5) is 10.8. The molecular formula is C8H12KNO2. The molecule has 0 saturated heterocycles. The van der Waals surface area contributed by atoms with E-state index in [9.17, 15) is 4.79 Å². The van der Waals surface area contributed by atoms with Gasteiger partial charge in [-0.2, -0.15) is 0 Å². The molecule has 1 heterocycles. The van der Waals surface area contributed by atoms with Crippen molar-refractivity contribution in [1.29, 1.82) is 0 Å². The first-order valence-corrected chi connectivity index (χ1v) is 3.06. The minimum absolute atomic E-state index is 0. The van der Waals surface area contributed by atoms with E-state index < -0.39 is 0 Å². The van der Waals surface area contributed by atoms with Crippen LogP contribution in [0.4, 0.5) is 0 Å². The van der Waals surface area contributed by atoms with Crippen molar-refractivity contribution in [3.8, 4) is 0 Å². The third-order valence-electron chi connectivity index (χ3n) is 1.39. The van der Waals surface area contributed by atoms with Crippen LogP contribution in [0.25, 0.3) is 0 Å². The van der Waals surface area contributed by atoms with Gasteiger partial charge in [0, 0.05) is 0 Å². The van der Waals surface area contributed by atoms with Gasteiger partial charge >= 0.3 is 51.4 Å². The summed E-state index contributed by atoms with van der Waals surface area (Å²) in [5.74, 6) is 0.612. The van der Waals surface area contributed by atoms with E-state index in [4.69, 9.17) is 4.52 Å². The maximum absolute atomic E-state index is 10.8. The summed E-state index contributed by atoms with van der Waals surface area (Å²) in [6, 6.07) is 0. The van der Waals surface area contributed by atoms with E-state index in [-0.39, 0.29) is 64.6 Å². The van der Waals surface area contributed by atoms with Gasteiger partial charge in [-0.3, -0.25) is 4.79 Å². The summed E-state index contributed by atoms with van der Waals surface area (Å²) in [7, 11) is 0. The van der Waals surface area contributed by atoms with Crippen LogP contribution in [0.5, 0.6) is 0 Å². The Bertz CT molecular complexity index is 249. The van der Waals surface area contributed by atoms with Crippen LogP contribution in [0.3, 0.4) is 0 Å². The molecule has 0 atom stereocenters. The summed E-state index contributed by atoms with van der Waals surface area (Å²) >= 11 is 0. The van der Waals surface area contributed by atoms with Crippen LogP contribution in [-0.2, 0) is 0 Å². The topological polar surface area (TPSA) is 43.1 Å². The average Bonchev–Trinajstić information content (AvgIpc) is 2.11. The molecule has 0 N–H and O–H groups in total. The molecule has 0 unspecified atom stereocenters. The second kappa shape index (κ2) is 6.04. The van der Waals surface area contributed by atoms with Gasteiger partial charge in [0.15, 0.2) is 5.78 Å². The molecule has 0 fully saturated rings. The molecule has 12 heavy (non-hydrogen) atoms. The molecule has 0 amide bonds. The van der Waals surface area contributed by atoms with E-state index in [0.29, 0.717) is 17.0 Å². The SMILES string of the molecule is CC(=O)c1c(C)noc1C.[CH3-].[K+]. The third-order valence-corrected chi connectivity index (χ3v) is 1.39. The predicted octanol–water partition coefficient (Wildman–Crippen LogP) is -1.05. The Kier molecular flexibility index (Phi) is 7.56. The number of carbonyl (C=O) groups excluding carboxylic acids is 1. The normalized spacial score (nSPS) is 8.25. The molecule has 0 aromatic carbocycles. The minimum atomic E-state index is 0. The molecule has 0 aliphatic rings. The first-order valence-electron chi connectivity index (χ1n) is 3.06. The molecule has 0 aliphatic heterocycles. The number of aryl methyl sites for hydroxylation is 2. The van der Waals surface area contributed by atoms with E-state index in [2.05, 4.69) is 5.16 Å². The van der Waals surface area contributed by atoms with Gasteiger partial charge in [0.05, 0.1) is 11.3 Å². The number of Topliss-reactive ketones (excluding diaryl/α,β-unsaturated/α-hetero) is 1. The van der Waals surface area contributed by atoms with Crippen LogP contribution in [0.1, 0.15) is 28.7 Å². The van der Waals surface area contributed by atoms with Crippen LogP contribution in [0, 0.1) is 21.3 Å². The Balaban J connectivity index is 0. The second-order valence-electron chi connectivity index (χ2n) is 2.26. The number of nitrogens with zero attached hydrogens (tertiary/aromatic N) is 1. The van der Waals surface area contributed by atoms with Gasteiger partial charge in [0.2, 0.25) is 0 Å². The maximum Gasteiger partial charge on any atom is 1.00 e. The molecule has 0 aliphatic carbocycles. The molecule has 0 saturated carbocycles. The summed E-state index contributed by atoms with van der Waals surface area (Å²) in [5, 5.41) is 3.64. The van der Waals surface area contributed by atoms with Crippen LogP contribution in [0.2, 0.25) is 0 Å². The van der Waals surface area contributed by atoms with Gasteiger partial charge in [0.1, 0.15) is 5.76 Å². The largest absolute Gasteiger partial charge is 1.00 e. The number of hydrogen-bond donors (Lipinski definition) is 0. The first kappa shape index (κ1) is 15.0. The number of aromatic nitrogens is 1. The van der Waals surface area contributed by atoms with Crippen molar-refractivity contribution in [3.05, 3.63) is 24.4 Å². The van der Waals surface area contributed by atoms with E-state index in [1.807, 2.05) is 0 Å². The number of rotatable bonds is 1. The van der Waals surface area contributed by atoms with Crippen molar-refractivity contribution in [1.82, 2.24) is 5.16 Å². The van der Waals surface area contributed by atoms with Crippen molar-refractivity contribution >= 4 is 5.78 Å². The summed E-state index contributed by atoms with van der Waals surface area (Å²) in [5.41, 5.74) is 1.28. The molecule has 0 radical (unpaired) electrons. The third kappa shape index (κ3) is 3.10. The van der Waals surface area contributed by atoms with Crippen LogP contribution >= 0.6 is 0 Å². The summed E-state index contributed by atoms with van der Waals surface area (Å²) in [6.07, 6.45) is 0. The Hall–Kier alpha value is 0.516. The molecule has 62 valence electrons. The van der Waals surface area contributed by atoms with Crippen molar-refractivity contribution in [2.75, 3.05) is 0 Å². The van der Waals surface area contributed by atoms with Gasteiger partial charge in [-0.1, -0.05) is 5.16 Å². The monoisotopic (exact) mass is 193 g/mol.